The normalized spacial score (nSPS) is 18.8. The third kappa shape index (κ3) is 2.73. The number of aromatic nitrogens is 1. The highest BCUT2D eigenvalue weighted by atomic mass is 32.2. The van der Waals surface area contributed by atoms with E-state index in [2.05, 4.69) is 81.2 Å². The lowest BCUT2D eigenvalue weighted by Gasteiger charge is -2.32. The van der Waals surface area contributed by atoms with Gasteiger partial charge in [-0.2, -0.15) is 0 Å². The molecule has 28 heavy (non-hydrogen) atoms. The van der Waals surface area contributed by atoms with Gasteiger partial charge in [0.15, 0.2) is 0 Å². The Morgan fingerprint density at radius 3 is 2.14 bits per heavy atom. The van der Waals surface area contributed by atoms with Crippen LogP contribution in [-0.4, -0.2) is 23.3 Å². The average molecular weight is 387 g/mol. The molecule has 0 N–H and O–H groups in total. The molecule has 0 radical (unpaired) electrons. The minimum Gasteiger partial charge on any atom is -0.399 e. The second-order valence-electron chi connectivity index (χ2n) is 8.35. The van der Waals surface area contributed by atoms with Crippen molar-refractivity contribution >= 4 is 24.3 Å². The van der Waals surface area contributed by atoms with E-state index >= 15 is 0 Å². The zero-order valence-electron chi connectivity index (χ0n) is 16.5. The molecule has 0 unspecified atom stereocenters. The van der Waals surface area contributed by atoms with Crippen molar-refractivity contribution in [2.24, 2.45) is 0 Å². The van der Waals surface area contributed by atoms with Crippen molar-refractivity contribution < 1.29 is 9.31 Å². The van der Waals surface area contributed by atoms with Gasteiger partial charge in [0, 0.05) is 16.7 Å². The fraction of sp³-hybridized carbons (Fsp3) is 0.261. The van der Waals surface area contributed by atoms with E-state index in [1.54, 1.807) is 11.8 Å². The first-order valence-corrected chi connectivity index (χ1v) is 10.4. The zero-order valence-corrected chi connectivity index (χ0v) is 17.3. The molecule has 0 aliphatic carbocycles. The molecule has 0 bridgehead atoms. The van der Waals surface area contributed by atoms with Gasteiger partial charge in [-0.3, -0.25) is 0 Å². The van der Waals surface area contributed by atoms with Gasteiger partial charge in [-0.25, -0.2) is 4.98 Å². The zero-order chi connectivity index (χ0) is 19.5. The van der Waals surface area contributed by atoms with Crippen LogP contribution in [0.4, 0.5) is 0 Å². The molecule has 5 rings (SSSR count). The number of pyridine rings is 1. The van der Waals surface area contributed by atoms with E-state index in [1.807, 2.05) is 12.3 Å². The largest absolute Gasteiger partial charge is 0.494 e. The van der Waals surface area contributed by atoms with Gasteiger partial charge in [0.25, 0.3) is 0 Å². The Labute approximate surface area is 170 Å². The first-order chi connectivity index (χ1) is 13.4. The molecule has 1 saturated heterocycles. The van der Waals surface area contributed by atoms with E-state index in [-0.39, 0.29) is 18.3 Å². The van der Waals surface area contributed by atoms with Crippen molar-refractivity contribution in [3.8, 4) is 22.3 Å². The van der Waals surface area contributed by atoms with E-state index in [1.165, 1.54) is 27.1 Å². The number of rotatable bonds is 1. The van der Waals surface area contributed by atoms with Crippen molar-refractivity contribution in [1.29, 1.82) is 0 Å². The molecule has 140 valence electrons. The monoisotopic (exact) mass is 387 g/mol. The summed E-state index contributed by atoms with van der Waals surface area (Å²) in [7, 11) is -0.365. The number of hydrogen-bond acceptors (Lipinski definition) is 4. The molecule has 3 nitrogen and oxygen atoms in total. The number of nitrogens with zero attached hydrogens (tertiary/aromatic N) is 1. The lowest BCUT2D eigenvalue weighted by Crippen LogP contribution is -2.41. The molecule has 2 aromatic carbocycles. The fourth-order valence-corrected chi connectivity index (χ4v) is 4.73. The Hall–Kier alpha value is -2.08. The summed E-state index contributed by atoms with van der Waals surface area (Å²) in [5.74, 6) is 0. The Kier molecular flexibility index (Phi) is 3.99. The molecular formula is C23H22BNO2S. The average Bonchev–Trinajstić information content (AvgIpc) is 2.82. The van der Waals surface area contributed by atoms with Gasteiger partial charge in [0.1, 0.15) is 5.03 Å². The van der Waals surface area contributed by atoms with Crippen LogP contribution >= 0.6 is 11.8 Å². The Morgan fingerprint density at radius 1 is 0.786 bits per heavy atom. The molecule has 2 aliphatic heterocycles. The highest BCUT2D eigenvalue weighted by molar-refractivity contribution is 7.99. The summed E-state index contributed by atoms with van der Waals surface area (Å²) < 4.78 is 12.6. The first-order valence-electron chi connectivity index (χ1n) is 9.58. The Morgan fingerprint density at radius 2 is 1.43 bits per heavy atom. The molecule has 0 atom stereocenters. The summed E-state index contributed by atoms with van der Waals surface area (Å²) in [5.41, 5.74) is 5.15. The van der Waals surface area contributed by atoms with Gasteiger partial charge in [0.05, 0.1) is 11.2 Å². The van der Waals surface area contributed by atoms with Crippen LogP contribution in [0.3, 0.4) is 0 Å². The molecule has 0 spiro atoms. The summed E-state index contributed by atoms with van der Waals surface area (Å²) >= 11 is 1.72. The van der Waals surface area contributed by atoms with Crippen LogP contribution in [0.5, 0.6) is 0 Å². The first kappa shape index (κ1) is 18.0. The van der Waals surface area contributed by atoms with Gasteiger partial charge < -0.3 is 9.31 Å². The topological polar surface area (TPSA) is 31.4 Å². The second-order valence-corrected chi connectivity index (χ2v) is 9.38. The van der Waals surface area contributed by atoms with Crippen LogP contribution in [-0.2, 0) is 9.31 Å². The van der Waals surface area contributed by atoms with Crippen molar-refractivity contribution in [3.05, 3.63) is 60.8 Å². The second kappa shape index (κ2) is 6.21. The molecule has 3 heterocycles. The summed E-state index contributed by atoms with van der Waals surface area (Å²) in [4.78, 5) is 5.83. The van der Waals surface area contributed by atoms with Gasteiger partial charge in [0.2, 0.25) is 0 Å². The molecule has 0 amide bonds. The van der Waals surface area contributed by atoms with Gasteiger partial charge in [-0.1, -0.05) is 54.2 Å². The van der Waals surface area contributed by atoms with Crippen LogP contribution in [0.15, 0.2) is 70.7 Å². The minimum atomic E-state index is -0.365. The molecule has 1 aromatic heterocycles. The Bertz CT molecular complexity index is 1060. The maximum absolute atomic E-state index is 6.28. The van der Waals surface area contributed by atoms with Gasteiger partial charge in [-0.15, -0.1) is 0 Å². The van der Waals surface area contributed by atoms with Crippen molar-refractivity contribution in [1.82, 2.24) is 4.98 Å². The van der Waals surface area contributed by atoms with Crippen LogP contribution in [0.1, 0.15) is 27.7 Å². The predicted octanol–water partition coefficient (Wildman–Crippen LogP) is 5.18. The predicted molar refractivity (Wildman–Crippen MR) is 115 cm³/mol. The Balaban J connectivity index is 1.65. The van der Waals surface area contributed by atoms with Gasteiger partial charge in [-0.05, 0) is 62.0 Å². The molecule has 5 heteroatoms. The quantitative estimate of drug-likeness (QED) is 0.421. The van der Waals surface area contributed by atoms with Crippen molar-refractivity contribution in [2.45, 2.75) is 48.8 Å². The molecule has 2 aliphatic rings. The molecular weight excluding hydrogens is 365 g/mol. The number of fused-ring (bicyclic) bond motifs is 5. The summed E-state index contributed by atoms with van der Waals surface area (Å²) in [5, 5.41) is 1.04. The highest BCUT2D eigenvalue weighted by Gasteiger charge is 2.51. The number of hydrogen-bond donors (Lipinski definition) is 0. The summed E-state index contributed by atoms with van der Waals surface area (Å²) in [6.07, 6.45) is 1.86. The highest BCUT2D eigenvalue weighted by Crippen LogP contribution is 2.46. The van der Waals surface area contributed by atoms with E-state index < -0.39 is 0 Å². The molecule has 3 aromatic rings. The minimum absolute atomic E-state index is 0.350. The van der Waals surface area contributed by atoms with Crippen LogP contribution in [0.25, 0.3) is 22.3 Å². The summed E-state index contributed by atoms with van der Waals surface area (Å²) in [6.45, 7) is 8.35. The van der Waals surface area contributed by atoms with Crippen LogP contribution in [0.2, 0.25) is 0 Å². The maximum atomic E-state index is 6.28. The third-order valence-electron chi connectivity index (χ3n) is 6.01. The standard InChI is InChI=1S/C23H22BNO2S/c1-22(2)23(3,4)27-24(26-22)15-11-12-20-19(14-15)17-9-6-5-8-16(17)18-10-7-13-25-21(18)28-20/h5-14H,1-4H3. The van der Waals surface area contributed by atoms with Gasteiger partial charge >= 0.3 is 7.12 Å². The summed E-state index contributed by atoms with van der Waals surface area (Å²) in [6, 6.07) is 19.2. The maximum Gasteiger partial charge on any atom is 0.494 e. The van der Waals surface area contributed by atoms with E-state index in [4.69, 9.17) is 9.31 Å². The third-order valence-corrected chi connectivity index (χ3v) is 7.11. The molecule has 1 fully saturated rings. The van der Waals surface area contributed by atoms with E-state index in [9.17, 15) is 0 Å². The molecule has 0 saturated carbocycles. The SMILES string of the molecule is CC1(C)OB(c2ccc3c(c2)-c2ccccc2-c2cccnc2S3)OC1(C)C. The van der Waals surface area contributed by atoms with Crippen LogP contribution < -0.4 is 5.46 Å². The van der Waals surface area contributed by atoms with Crippen LogP contribution in [0, 0.1) is 0 Å². The fourth-order valence-electron chi connectivity index (χ4n) is 3.71. The van der Waals surface area contributed by atoms with Crippen molar-refractivity contribution in [2.75, 3.05) is 0 Å². The lowest BCUT2D eigenvalue weighted by atomic mass is 9.77. The number of benzene rings is 2. The van der Waals surface area contributed by atoms with E-state index in [0.29, 0.717) is 0 Å². The lowest BCUT2D eigenvalue weighted by molar-refractivity contribution is 0.00578. The smallest absolute Gasteiger partial charge is 0.399 e. The van der Waals surface area contributed by atoms with Crippen molar-refractivity contribution in [3.63, 3.8) is 0 Å². The van der Waals surface area contributed by atoms with E-state index in [0.717, 1.165) is 10.5 Å².